The first-order valence-electron chi connectivity index (χ1n) is 4.41. The van der Waals surface area contributed by atoms with Crippen molar-refractivity contribution in [1.82, 2.24) is 0 Å². The number of amides is 1. The Morgan fingerprint density at radius 2 is 2.29 bits per heavy atom. The lowest BCUT2D eigenvalue weighted by atomic mass is 10.1. The summed E-state index contributed by atoms with van der Waals surface area (Å²) in [5.41, 5.74) is 1.12. The molecule has 4 nitrogen and oxygen atoms in total. The molecule has 1 saturated carbocycles. The highest BCUT2D eigenvalue weighted by Gasteiger charge is 2.53. The van der Waals surface area contributed by atoms with Crippen molar-refractivity contribution in [2.24, 2.45) is 0 Å². The van der Waals surface area contributed by atoms with Crippen molar-refractivity contribution in [2.75, 3.05) is 10.6 Å². The fourth-order valence-corrected chi connectivity index (χ4v) is 2.45. The van der Waals surface area contributed by atoms with Crippen LogP contribution in [0.3, 0.4) is 0 Å². The maximum absolute atomic E-state index is 11.6. The van der Waals surface area contributed by atoms with E-state index in [-0.39, 0.29) is 5.91 Å². The van der Waals surface area contributed by atoms with Gasteiger partial charge in [0, 0.05) is 5.38 Å². The number of carbonyl (C=O) groups excluding carboxylic acids is 2. The Balaban J connectivity index is 2.09. The summed E-state index contributed by atoms with van der Waals surface area (Å²) in [6.07, 6.45) is 2.53. The first-order chi connectivity index (χ1) is 6.75. The molecule has 1 fully saturated rings. The molecule has 2 N–H and O–H groups in total. The number of hydrogen-bond donors (Lipinski definition) is 2. The minimum atomic E-state index is -0.411. The molecule has 1 aromatic heterocycles. The minimum absolute atomic E-state index is 0.0280. The molecule has 0 saturated heterocycles. The molecule has 14 heavy (non-hydrogen) atoms. The minimum Gasteiger partial charge on any atom is -0.368 e. The molecule has 2 aliphatic rings. The SMILES string of the molecule is O=Cc1scc2c1NC1(CC1)C(=O)N2. The lowest BCUT2D eigenvalue weighted by Gasteiger charge is -2.24. The van der Waals surface area contributed by atoms with Crippen LogP contribution in [0.25, 0.3) is 0 Å². The standard InChI is InChI=1S/C9H8N2O2S/c12-3-6-7-5(4-14-6)10-8(13)9(11-7)1-2-9/h3-4,11H,1-2H2,(H,10,13). The average molecular weight is 208 g/mol. The topological polar surface area (TPSA) is 58.2 Å². The monoisotopic (exact) mass is 208 g/mol. The summed E-state index contributed by atoms with van der Waals surface area (Å²) in [5, 5.41) is 7.77. The number of hydrogen-bond acceptors (Lipinski definition) is 4. The zero-order valence-electron chi connectivity index (χ0n) is 7.29. The van der Waals surface area contributed by atoms with Crippen LogP contribution in [0.2, 0.25) is 0 Å². The second-order valence-electron chi connectivity index (χ2n) is 3.67. The normalized spacial score (nSPS) is 21.0. The maximum Gasteiger partial charge on any atom is 0.250 e. The third-order valence-electron chi connectivity index (χ3n) is 2.72. The highest BCUT2D eigenvalue weighted by atomic mass is 32.1. The van der Waals surface area contributed by atoms with Crippen LogP contribution in [0, 0.1) is 0 Å². The maximum atomic E-state index is 11.6. The molecule has 1 aromatic rings. The zero-order chi connectivity index (χ0) is 9.76. The van der Waals surface area contributed by atoms with Crippen molar-refractivity contribution in [1.29, 1.82) is 0 Å². The molecule has 1 spiro atoms. The van der Waals surface area contributed by atoms with E-state index < -0.39 is 5.54 Å². The van der Waals surface area contributed by atoms with Crippen molar-refractivity contribution >= 4 is 34.9 Å². The molecule has 0 atom stereocenters. The number of carbonyl (C=O) groups is 2. The smallest absolute Gasteiger partial charge is 0.250 e. The molecule has 0 radical (unpaired) electrons. The van der Waals surface area contributed by atoms with Crippen LogP contribution in [0.5, 0.6) is 0 Å². The van der Waals surface area contributed by atoms with Gasteiger partial charge in [-0.1, -0.05) is 0 Å². The predicted molar refractivity (Wildman–Crippen MR) is 53.9 cm³/mol. The highest BCUT2D eigenvalue weighted by Crippen LogP contribution is 2.47. The van der Waals surface area contributed by atoms with E-state index in [1.165, 1.54) is 11.3 Å². The van der Waals surface area contributed by atoms with Gasteiger partial charge in [0.1, 0.15) is 5.54 Å². The second-order valence-corrected chi connectivity index (χ2v) is 4.58. The highest BCUT2D eigenvalue weighted by molar-refractivity contribution is 7.13. The third-order valence-corrected chi connectivity index (χ3v) is 3.63. The number of fused-ring (bicyclic) bond motifs is 1. The van der Waals surface area contributed by atoms with Crippen molar-refractivity contribution in [3.8, 4) is 0 Å². The molecule has 1 aliphatic carbocycles. The Labute approximate surface area is 84.3 Å². The van der Waals surface area contributed by atoms with Crippen LogP contribution >= 0.6 is 11.3 Å². The van der Waals surface area contributed by atoms with E-state index in [0.717, 1.165) is 30.5 Å². The molecule has 3 rings (SSSR count). The zero-order valence-corrected chi connectivity index (χ0v) is 8.11. The molecule has 1 amide bonds. The summed E-state index contributed by atoms with van der Waals surface area (Å²) in [6.45, 7) is 0. The Hall–Kier alpha value is -1.36. The van der Waals surface area contributed by atoms with Gasteiger partial charge < -0.3 is 10.6 Å². The van der Waals surface area contributed by atoms with Gasteiger partial charge in [-0.2, -0.15) is 0 Å². The van der Waals surface area contributed by atoms with Gasteiger partial charge in [-0.05, 0) is 12.8 Å². The number of aldehydes is 1. The van der Waals surface area contributed by atoms with E-state index >= 15 is 0 Å². The van der Waals surface area contributed by atoms with Crippen LogP contribution in [0.4, 0.5) is 11.4 Å². The molecular weight excluding hydrogens is 200 g/mol. The molecule has 2 heterocycles. The molecule has 5 heteroatoms. The van der Waals surface area contributed by atoms with E-state index in [1.54, 1.807) is 5.38 Å². The second kappa shape index (κ2) is 2.36. The first-order valence-corrected chi connectivity index (χ1v) is 5.29. The van der Waals surface area contributed by atoms with E-state index in [2.05, 4.69) is 10.6 Å². The van der Waals surface area contributed by atoms with E-state index in [0.29, 0.717) is 4.88 Å². The summed E-state index contributed by atoms with van der Waals surface area (Å²) in [5.74, 6) is 0.0280. The Morgan fingerprint density at radius 3 is 2.93 bits per heavy atom. The van der Waals surface area contributed by atoms with Crippen molar-refractivity contribution < 1.29 is 9.59 Å². The summed E-state index contributed by atoms with van der Waals surface area (Å²) in [6, 6.07) is 0. The average Bonchev–Trinajstić information content (AvgIpc) is 2.84. The van der Waals surface area contributed by atoms with Crippen molar-refractivity contribution in [2.45, 2.75) is 18.4 Å². The fraction of sp³-hybridized carbons (Fsp3) is 0.333. The molecule has 72 valence electrons. The van der Waals surface area contributed by atoms with Crippen LogP contribution in [-0.2, 0) is 4.79 Å². The van der Waals surface area contributed by atoms with E-state index in [1.807, 2.05) is 0 Å². The molecular formula is C9H8N2O2S. The van der Waals surface area contributed by atoms with Crippen LogP contribution in [0.15, 0.2) is 5.38 Å². The summed E-state index contributed by atoms with van der Waals surface area (Å²) >= 11 is 1.35. The Bertz CT molecular complexity index is 434. The van der Waals surface area contributed by atoms with Crippen molar-refractivity contribution in [3.63, 3.8) is 0 Å². The number of anilines is 2. The largest absolute Gasteiger partial charge is 0.368 e. The summed E-state index contributed by atoms with van der Waals surface area (Å²) in [7, 11) is 0. The van der Waals surface area contributed by atoms with E-state index in [9.17, 15) is 9.59 Å². The van der Waals surface area contributed by atoms with Crippen LogP contribution in [0.1, 0.15) is 22.5 Å². The Morgan fingerprint density at radius 1 is 1.50 bits per heavy atom. The number of thiophene rings is 1. The summed E-state index contributed by atoms with van der Waals surface area (Å²) in [4.78, 5) is 23.0. The van der Waals surface area contributed by atoms with Crippen molar-refractivity contribution in [3.05, 3.63) is 10.3 Å². The van der Waals surface area contributed by atoms with Crippen LogP contribution in [-0.4, -0.2) is 17.7 Å². The lowest BCUT2D eigenvalue weighted by molar-refractivity contribution is -0.117. The molecule has 1 aliphatic heterocycles. The van der Waals surface area contributed by atoms with Gasteiger partial charge in [0.05, 0.1) is 16.3 Å². The molecule has 0 unspecified atom stereocenters. The number of rotatable bonds is 1. The first kappa shape index (κ1) is 7.99. The van der Waals surface area contributed by atoms with Gasteiger partial charge in [0.2, 0.25) is 5.91 Å². The van der Waals surface area contributed by atoms with Gasteiger partial charge in [-0.25, -0.2) is 0 Å². The third kappa shape index (κ3) is 0.874. The van der Waals surface area contributed by atoms with Crippen LogP contribution < -0.4 is 10.6 Å². The van der Waals surface area contributed by atoms with Gasteiger partial charge in [-0.3, -0.25) is 9.59 Å². The number of nitrogens with one attached hydrogen (secondary N) is 2. The van der Waals surface area contributed by atoms with Gasteiger partial charge >= 0.3 is 0 Å². The predicted octanol–water partition coefficient (Wildman–Crippen LogP) is 1.46. The quantitative estimate of drug-likeness (QED) is 0.687. The van der Waals surface area contributed by atoms with Gasteiger partial charge in [0.25, 0.3) is 0 Å². The fourth-order valence-electron chi connectivity index (χ4n) is 1.70. The van der Waals surface area contributed by atoms with Gasteiger partial charge in [0.15, 0.2) is 6.29 Å². The van der Waals surface area contributed by atoms with E-state index in [4.69, 9.17) is 0 Å². The summed E-state index contributed by atoms with van der Waals surface area (Å²) < 4.78 is 0. The Kier molecular flexibility index (Phi) is 1.35. The lowest BCUT2D eigenvalue weighted by Crippen LogP contribution is -2.40. The molecule has 0 bridgehead atoms. The molecule has 0 aromatic carbocycles. The van der Waals surface area contributed by atoms with Gasteiger partial charge in [-0.15, -0.1) is 11.3 Å².